The Balaban J connectivity index is 1.40. The highest BCUT2D eigenvalue weighted by Crippen LogP contribution is 2.37. The van der Waals surface area contributed by atoms with Gasteiger partial charge in [-0.25, -0.2) is 13.4 Å². The number of halogens is 2. The fraction of sp³-hybridized carbons (Fsp3) is 0.393. The van der Waals surface area contributed by atoms with Gasteiger partial charge in [0.05, 0.1) is 11.1 Å². The molecule has 2 aromatic carbocycles. The molecule has 2 saturated heterocycles. The minimum absolute atomic E-state index is 0.0172. The molecule has 224 valence electrons. The van der Waals surface area contributed by atoms with E-state index in [2.05, 4.69) is 10.1 Å². The monoisotopic (exact) mass is 634 g/mol. The van der Waals surface area contributed by atoms with E-state index in [1.165, 1.54) is 18.5 Å². The van der Waals surface area contributed by atoms with Gasteiger partial charge in [-0.2, -0.15) is 9.41 Å². The topological polar surface area (TPSA) is 142 Å². The van der Waals surface area contributed by atoms with Gasteiger partial charge in [0.25, 0.3) is 0 Å². The van der Waals surface area contributed by atoms with Crippen LogP contribution in [0.15, 0.2) is 46.4 Å². The predicted octanol–water partition coefficient (Wildman–Crippen LogP) is 2.91. The molecular formula is C28H32Cl2N6O5S. The molecule has 42 heavy (non-hydrogen) atoms. The number of hydrogen-bond acceptors (Lipinski definition) is 8. The standard InChI is InChI=1S/C28H32Cl2N6O5S/c1-17-12-18(2)33-27-20(17)4-3-5-24(27)41-15-21-22(29)6-7-25(26(21)30)42(39,40)36-14-19(37)13-23(36)28(38)35-10-8-34(9-11-35)16-32-31/h3-7,12,16,19,23,37H,8-11,13-15,31H2,1-2H3/t19-,23+/m1/s1. The summed E-state index contributed by atoms with van der Waals surface area (Å²) in [5, 5.41) is 15.0. The second kappa shape index (κ2) is 12.2. The number of sulfonamides is 1. The number of para-hydroxylation sites is 1. The molecule has 0 aliphatic carbocycles. The number of nitrogens with two attached hydrogens (primary N) is 1. The Labute approximate surface area is 254 Å². The lowest BCUT2D eigenvalue weighted by molar-refractivity contribution is -0.136. The number of aliphatic hydroxyl groups excluding tert-OH is 1. The minimum Gasteiger partial charge on any atom is -0.487 e. The molecule has 0 radical (unpaired) electrons. The Bertz CT molecular complexity index is 1650. The summed E-state index contributed by atoms with van der Waals surface area (Å²) in [7, 11) is -4.30. The Morgan fingerprint density at radius 1 is 1.19 bits per heavy atom. The van der Waals surface area contributed by atoms with Gasteiger partial charge < -0.3 is 25.5 Å². The molecule has 0 bridgehead atoms. The molecule has 14 heteroatoms. The largest absolute Gasteiger partial charge is 0.487 e. The number of hydrazone groups is 1. The number of hydrogen-bond donors (Lipinski definition) is 2. The van der Waals surface area contributed by atoms with E-state index in [0.29, 0.717) is 37.4 Å². The third-order valence-electron chi connectivity index (χ3n) is 7.62. The Morgan fingerprint density at radius 2 is 1.93 bits per heavy atom. The van der Waals surface area contributed by atoms with Crippen molar-refractivity contribution in [1.82, 2.24) is 19.1 Å². The highest BCUT2D eigenvalue weighted by molar-refractivity contribution is 7.89. The molecule has 5 rings (SSSR count). The van der Waals surface area contributed by atoms with E-state index in [1.807, 2.05) is 36.9 Å². The number of ether oxygens (including phenoxy) is 1. The van der Waals surface area contributed by atoms with Crippen LogP contribution in [0.2, 0.25) is 10.0 Å². The molecule has 1 amide bonds. The highest BCUT2D eigenvalue weighted by Gasteiger charge is 2.46. The van der Waals surface area contributed by atoms with Crippen molar-refractivity contribution in [3.05, 3.63) is 63.3 Å². The number of aromatic nitrogens is 1. The van der Waals surface area contributed by atoms with Crippen LogP contribution in [0.25, 0.3) is 10.9 Å². The molecule has 3 heterocycles. The maximum atomic E-state index is 13.9. The lowest BCUT2D eigenvalue weighted by Gasteiger charge is -2.36. The summed E-state index contributed by atoms with van der Waals surface area (Å²) in [5.74, 6) is 5.35. The van der Waals surface area contributed by atoms with Crippen molar-refractivity contribution >= 4 is 56.4 Å². The van der Waals surface area contributed by atoms with Gasteiger partial charge in [-0.3, -0.25) is 4.79 Å². The molecule has 0 spiro atoms. The Kier molecular flexibility index (Phi) is 8.81. The molecule has 0 saturated carbocycles. The zero-order chi connectivity index (χ0) is 30.2. The fourth-order valence-corrected chi connectivity index (χ4v) is 7.99. The van der Waals surface area contributed by atoms with Gasteiger partial charge in [0, 0.05) is 60.8 Å². The van der Waals surface area contributed by atoms with Crippen LogP contribution in [-0.4, -0.2) is 89.7 Å². The summed E-state index contributed by atoms with van der Waals surface area (Å²) < 4.78 is 35.0. The van der Waals surface area contributed by atoms with Crippen molar-refractivity contribution in [3.63, 3.8) is 0 Å². The van der Waals surface area contributed by atoms with E-state index in [4.69, 9.17) is 33.8 Å². The van der Waals surface area contributed by atoms with Crippen LogP contribution in [0.4, 0.5) is 0 Å². The average Bonchev–Trinajstić information content (AvgIpc) is 3.35. The van der Waals surface area contributed by atoms with Gasteiger partial charge in [-0.15, -0.1) is 0 Å². The number of β-amino-alcohol motifs (C(OH)–C–C–N with tert-alkyl or cyclic N) is 1. The molecule has 2 fully saturated rings. The molecule has 11 nitrogen and oxygen atoms in total. The number of rotatable bonds is 7. The number of amides is 1. The Hall–Kier alpha value is -3.16. The summed E-state index contributed by atoms with van der Waals surface area (Å²) in [6.45, 7) is 5.30. The van der Waals surface area contributed by atoms with Crippen molar-refractivity contribution in [2.45, 2.75) is 43.9 Å². The normalized spacial score (nSPS) is 20.1. The molecule has 2 aliphatic rings. The first-order chi connectivity index (χ1) is 20.0. The van der Waals surface area contributed by atoms with Gasteiger partial charge in [-0.05, 0) is 43.7 Å². The van der Waals surface area contributed by atoms with Crippen LogP contribution >= 0.6 is 23.2 Å². The lowest BCUT2D eigenvalue weighted by Crippen LogP contribution is -2.54. The summed E-state index contributed by atoms with van der Waals surface area (Å²) in [6.07, 6.45) is 0.482. The van der Waals surface area contributed by atoms with Crippen LogP contribution in [0.3, 0.4) is 0 Å². The molecule has 0 unspecified atom stereocenters. The number of carbonyl (C=O) groups excluding carboxylic acids is 1. The van der Waals surface area contributed by atoms with Gasteiger partial charge >= 0.3 is 0 Å². The summed E-state index contributed by atoms with van der Waals surface area (Å²) in [6, 6.07) is 9.25. The van der Waals surface area contributed by atoms with E-state index < -0.39 is 22.2 Å². The van der Waals surface area contributed by atoms with Crippen LogP contribution in [0.1, 0.15) is 23.2 Å². The van der Waals surface area contributed by atoms with Crippen molar-refractivity contribution in [1.29, 1.82) is 0 Å². The third-order valence-corrected chi connectivity index (χ3v) is 10.4. The molecule has 3 N–H and O–H groups in total. The fourth-order valence-electron chi connectivity index (χ4n) is 5.49. The van der Waals surface area contributed by atoms with E-state index >= 15 is 0 Å². The van der Waals surface area contributed by atoms with Crippen molar-refractivity contribution < 1.29 is 23.1 Å². The zero-order valence-corrected chi connectivity index (χ0v) is 25.5. The first-order valence-electron chi connectivity index (χ1n) is 13.4. The maximum absolute atomic E-state index is 13.9. The predicted molar refractivity (Wildman–Crippen MR) is 161 cm³/mol. The van der Waals surface area contributed by atoms with E-state index in [9.17, 15) is 18.3 Å². The van der Waals surface area contributed by atoms with E-state index in [1.54, 1.807) is 11.0 Å². The lowest BCUT2D eigenvalue weighted by atomic mass is 10.1. The quantitative estimate of drug-likeness (QED) is 0.175. The smallest absolute Gasteiger partial charge is 0.245 e. The summed E-state index contributed by atoms with van der Waals surface area (Å²) >= 11 is 13.2. The van der Waals surface area contributed by atoms with E-state index in [0.717, 1.165) is 20.9 Å². The highest BCUT2D eigenvalue weighted by atomic mass is 35.5. The number of piperazine rings is 1. The number of carbonyl (C=O) groups is 1. The molecule has 3 aromatic rings. The molecule has 1 aromatic heterocycles. The van der Waals surface area contributed by atoms with Crippen molar-refractivity contribution in [2.24, 2.45) is 10.9 Å². The third kappa shape index (κ3) is 5.86. The number of pyridine rings is 1. The zero-order valence-electron chi connectivity index (χ0n) is 23.2. The molecule has 2 aliphatic heterocycles. The second-order valence-electron chi connectivity index (χ2n) is 10.5. The first-order valence-corrected chi connectivity index (χ1v) is 15.6. The average molecular weight is 636 g/mol. The van der Waals surface area contributed by atoms with Crippen molar-refractivity contribution in [2.75, 3.05) is 32.7 Å². The van der Waals surface area contributed by atoms with Crippen LogP contribution in [0.5, 0.6) is 5.75 Å². The van der Waals surface area contributed by atoms with Crippen LogP contribution < -0.4 is 10.6 Å². The summed E-state index contributed by atoms with van der Waals surface area (Å²) in [4.78, 5) is 21.3. The van der Waals surface area contributed by atoms with Crippen LogP contribution in [0, 0.1) is 13.8 Å². The minimum atomic E-state index is -4.30. The number of fused-ring (bicyclic) bond motifs is 1. The van der Waals surface area contributed by atoms with Gasteiger partial charge in [0.1, 0.15) is 35.1 Å². The van der Waals surface area contributed by atoms with Gasteiger partial charge in [-0.1, -0.05) is 35.3 Å². The van der Waals surface area contributed by atoms with Gasteiger partial charge in [0.15, 0.2) is 0 Å². The SMILES string of the molecule is Cc1cc(C)c2cccc(OCc3c(Cl)ccc(S(=O)(=O)N4C[C@H](O)C[C@H]4C(=O)N4CCN(C=NN)CC4)c3Cl)c2n1. The summed E-state index contributed by atoms with van der Waals surface area (Å²) in [5.41, 5.74) is 2.84. The van der Waals surface area contributed by atoms with Gasteiger partial charge in [0.2, 0.25) is 15.9 Å². The number of benzene rings is 2. The molecular weight excluding hydrogens is 603 g/mol. The maximum Gasteiger partial charge on any atom is 0.245 e. The van der Waals surface area contributed by atoms with Crippen molar-refractivity contribution in [3.8, 4) is 5.75 Å². The Morgan fingerprint density at radius 3 is 2.64 bits per heavy atom. The van der Waals surface area contributed by atoms with Crippen LogP contribution in [-0.2, 0) is 21.4 Å². The number of aryl methyl sites for hydroxylation is 2. The number of nitrogens with zero attached hydrogens (tertiary/aromatic N) is 5. The molecule has 2 atom stereocenters. The van der Waals surface area contributed by atoms with E-state index in [-0.39, 0.29) is 46.0 Å². The second-order valence-corrected chi connectivity index (χ2v) is 13.1. The first kappa shape index (κ1) is 30.3. The number of aliphatic hydroxyl groups is 1.